The van der Waals surface area contributed by atoms with Crippen molar-refractivity contribution in [2.24, 2.45) is 7.05 Å². The molecular weight excluding hydrogens is 334 g/mol. The van der Waals surface area contributed by atoms with E-state index in [1.165, 1.54) is 10.9 Å². The van der Waals surface area contributed by atoms with Gasteiger partial charge in [-0.05, 0) is 21.0 Å². The molecule has 0 bridgehead atoms. The summed E-state index contributed by atoms with van der Waals surface area (Å²) in [7, 11) is -4.08. The molecule has 0 fully saturated rings. The number of sulfonamides is 1. The van der Waals surface area contributed by atoms with Crippen LogP contribution in [0.1, 0.15) is 20.8 Å². The van der Waals surface area contributed by atoms with Crippen molar-refractivity contribution in [2.75, 3.05) is 0 Å². The summed E-state index contributed by atoms with van der Waals surface area (Å²) in [5.41, 5.74) is 0. The van der Waals surface area contributed by atoms with E-state index in [1.54, 1.807) is 7.05 Å². The predicted octanol–water partition coefficient (Wildman–Crippen LogP) is 2.47. The fraction of sp³-hybridized carbons (Fsp3) is 0.700. The number of rotatable bonds is 3. The van der Waals surface area contributed by atoms with Crippen molar-refractivity contribution < 1.29 is 8.42 Å². The van der Waals surface area contributed by atoms with Crippen LogP contribution in [0.3, 0.4) is 0 Å². The standard InChI is InChI=1S/C10H20BrN3O2SSi/c1-10(2,3)18(5,6)13-17(15,16)9-8(11)7-12-14(9)4/h7,13H,1-6H3. The fourth-order valence-corrected chi connectivity index (χ4v) is 7.23. The molecule has 104 valence electrons. The molecule has 0 aliphatic rings. The van der Waals surface area contributed by atoms with E-state index in [1.807, 2.05) is 13.1 Å². The van der Waals surface area contributed by atoms with Crippen molar-refractivity contribution in [3.8, 4) is 0 Å². The van der Waals surface area contributed by atoms with Crippen LogP contribution in [0.25, 0.3) is 0 Å². The summed E-state index contributed by atoms with van der Waals surface area (Å²) in [6, 6.07) is 0. The summed E-state index contributed by atoms with van der Waals surface area (Å²) in [4.78, 5) is 0. The van der Waals surface area contributed by atoms with Crippen molar-refractivity contribution >= 4 is 34.2 Å². The third kappa shape index (κ3) is 3.04. The molecule has 0 radical (unpaired) electrons. The summed E-state index contributed by atoms with van der Waals surface area (Å²) in [5.74, 6) is 0. The van der Waals surface area contributed by atoms with Gasteiger partial charge in [0.15, 0.2) is 5.03 Å². The highest BCUT2D eigenvalue weighted by Crippen LogP contribution is 2.35. The average molecular weight is 354 g/mol. The Morgan fingerprint density at radius 2 is 1.89 bits per heavy atom. The molecule has 0 aliphatic heterocycles. The molecule has 0 unspecified atom stereocenters. The molecule has 0 aliphatic carbocycles. The maximum atomic E-state index is 12.4. The molecule has 0 aromatic carbocycles. The molecule has 0 amide bonds. The number of nitrogens with one attached hydrogen (secondary N) is 1. The van der Waals surface area contributed by atoms with Crippen LogP contribution in [0.4, 0.5) is 0 Å². The Hall–Kier alpha value is -0.183. The Morgan fingerprint density at radius 3 is 2.22 bits per heavy atom. The zero-order valence-corrected chi connectivity index (χ0v) is 15.0. The van der Waals surface area contributed by atoms with Gasteiger partial charge in [-0.25, -0.2) is 12.8 Å². The van der Waals surface area contributed by atoms with Crippen molar-refractivity contribution in [3.63, 3.8) is 0 Å². The maximum Gasteiger partial charge on any atom is 0.252 e. The van der Waals surface area contributed by atoms with E-state index in [0.29, 0.717) is 4.47 Å². The first kappa shape index (κ1) is 15.9. The van der Waals surface area contributed by atoms with Crippen LogP contribution in [0.2, 0.25) is 18.1 Å². The number of nitrogens with zero attached hydrogens (tertiary/aromatic N) is 2. The molecule has 1 aromatic heterocycles. The Kier molecular flexibility index (Phi) is 4.17. The SMILES string of the molecule is Cn1ncc(Br)c1S(=O)(=O)N[Si](C)(C)C(C)(C)C. The van der Waals surface area contributed by atoms with E-state index < -0.39 is 18.3 Å². The normalized spacial score (nSPS) is 13.9. The number of hydrogen-bond acceptors (Lipinski definition) is 3. The van der Waals surface area contributed by atoms with Crippen molar-refractivity contribution in [3.05, 3.63) is 10.7 Å². The van der Waals surface area contributed by atoms with E-state index in [4.69, 9.17) is 0 Å². The molecule has 0 saturated heterocycles. The van der Waals surface area contributed by atoms with E-state index in [0.717, 1.165) is 0 Å². The molecule has 0 saturated carbocycles. The van der Waals surface area contributed by atoms with Crippen LogP contribution in [0.5, 0.6) is 0 Å². The summed E-state index contributed by atoms with van der Waals surface area (Å²) in [5, 5.41) is 4.05. The van der Waals surface area contributed by atoms with Crippen LogP contribution in [-0.4, -0.2) is 26.4 Å². The summed E-state index contributed by atoms with van der Waals surface area (Å²) in [6.07, 6.45) is 1.49. The molecule has 5 nitrogen and oxygen atoms in total. The van der Waals surface area contributed by atoms with Crippen molar-refractivity contribution in [1.29, 1.82) is 0 Å². The first-order chi connectivity index (χ1) is 7.88. The highest BCUT2D eigenvalue weighted by atomic mass is 79.9. The average Bonchev–Trinajstić information content (AvgIpc) is 2.42. The van der Waals surface area contributed by atoms with Gasteiger partial charge in [0.25, 0.3) is 10.0 Å². The minimum absolute atomic E-state index is 0.0643. The largest absolute Gasteiger partial charge is 0.255 e. The number of hydrogen-bond donors (Lipinski definition) is 1. The van der Waals surface area contributed by atoms with Crippen LogP contribution < -0.4 is 4.39 Å². The lowest BCUT2D eigenvalue weighted by Crippen LogP contribution is -2.54. The van der Waals surface area contributed by atoms with Gasteiger partial charge < -0.3 is 0 Å². The Labute approximate surface area is 118 Å². The summed E-state index contributed by atoms with van der Waals surface area (Å²) in [6.45, 7) is 10.2. The molecule has 1 rings (SSSR count). The lowest BCUT2D eigenvalue weighted by molar-refractivity contribution is 0.570. The van der Waals surface area contributed by atoms with Crippen molar-refractivity contribution in [2.45, 2.75) is 43.9 Å². The number of halogens is 1. The van der Waals surface area contributed by atoms with Gasteiger partial charge in [-0.15, -0.1) is 0 Å². The van der Waals surface area contributed by atoms with Gasteiger partial charge in [0, 0.05) is 7.05 Å². The van der Waals surface area contributed by atoms with Gasteiger partial charge in [-0.3, -0.25) is 4.68 Å². The van der Waals surface area contributed by atoms with Gasteiger partial charge in [-0.2, -0.15) is 5.10 Å². The highest BCUT2D eigenvalue weighted by Gasteiger charge is 2.40. The van der Waals surface area contributed by atoms with Crippen LogP contribution >= 0.6 is 15.9 Å². The molecular formula is C10H20BrN3O2SSi. The first-order valence-electron chi connectivity index (χ1n) is 5.60. The van der Waals surface area contributed by atoms with Gasteiger partial charge >= 0.3 is 0 Å². The topological polar surface area (TPSA) is 64.0 Å². The lowest BCUT2D eigenvalue weighted by Gasteiger charge is -2.36. The van der Waals surface area contributed by atoms with E-state index in [-0.39, 0.29) is 10.1 Å². The minimum atomic E-state index is -3.55. The second-order valence-corrected chi connectivity index (χ2v) is 13.7. The van der Waals surface area contributed by atoms with Crippen LogP contribution in [0, 0.1) is 0 Å². The van der Waals surface area contributed by atoms with Gasteiger partial charge in [-0.1, -0.05) is 33.9 Å². The molecule has 0 spiro atoms. The summed E-state index contributed by atoms with van der Waals surface area (Å²) >= 11 is 3.22. The van der Waals surface area contributed by atoms with E-state index in [9.17, 15) is 8.42 Å². The molecule has 1 heterocycles. The monoisotopic (exact) mass is 353 g/mol. The Morgan fingerprint density at radius 1 is 1.39 bits per heavy atom. The van der Waals surface area contributed by atoms with E-state index >= 15 is 0 Å². The third-order valence-corrected chi connectivity index (χ3v) is 12.1. The number of aromatic nitrogens is 2. The Balaban J connectivity index is 3.19. The quantitative estimate of drug-likeness (QED) is 0.848. The van der Waals surface area contributed by atoms with Crippen LogP contribution in [0.15, 0.2) is 15.7 Å². The molecule has 1 aromatic rings. The predicted molar refractivity (Wildman–Crippen MR) is 78.4 cm³/mol. The van der Waals surface area contributed by atoms with Gasteiger partial charge in [0.05, 0.1) is 10.7 Å². The number of aryl methyl sites for hydroxylation is 1. The Bertz CT molecular complexity index is 526. The summed E-state index contributed by atoms with van der Waals surface area (Å²) < 4.78 is 29.6. The van der Waals surface area contributed by atoms with Gasteiger partial charge in [0.2, 0.25) is 0 Å². The second kappa shape index (κ2) is 4.73. The fourth-order valence-electron chi connectivity index (χ4n) is 1.24. The smallest absolute Gasteiger partial charge is 0.252 e. The molecule has 18 heavy (non-hydrogen) atoms. The first-order valence-corrected chi connectivity index (χ1v) is 10.9. The minimum Gasteiger partial charge on any atom is -0.255 e. The maximum absolute atomic E-state index is 12.4. The molecule has 0 atom stereocenters. The zero-order chi connectivity index (χ0) is 14.4. The van der Waals surface area contributed by atoms with Gasteiger partial charge in [0.1, 0.15) is 8.24 Å². The molecule has 8 heteroatoms. The van der Waals surface area contributed by atoms with Crippen molar-refractivity contribution in [1.82, 2.24) is 14.2 Å². The van der Waals surface area contributed by atoms with Crippen LogP contribution in [-0.2, 0) is 17.1 Å². The lowest BCUT2D eigenvalue weighted by atomic mass is 10.2. The molecule has 1 N–H and O–H groups in total. The highest BCUT2D eigenvalue weighted by molar-refractivity contribution is 9.10. The zero-order valence-electron chi connectivity index (χ0n) is 11.6. The second-order valence-electron chi connectivity index (χ2n) is 5.90. The van der Waals surface area contributed by atoms with E-state index in [2.05, 4.69) is 46.2 Å². The third-order valence-electron chi connectivity index (χ3n) is 3.36.